The molecule has 0 amide bonds. The van der Waals surface area contributed by atoms with Gasteiger partial charge in [0.05, 0.1) is 11.2 Å². The van der Waals surface area contributed by atoms with Crippen molar-refractivity contribution < 1.29 is 4.74 Å². The van der Waals surface area contributed by atoms with E-state index >= 15 is 0 Å². The summed E-state index contributed by atoms with van der Waals surface area (Å²) in [4.78, 5) is 0. The van der Waals surface area contributed by atoms with Gasteiger partial charge in [0.1, 0.15) is 0 Å². The van der Waals surface area contributed by atoms with Crippen molar-refractivity contribution in [1.29, 1.82) is 0 Å². The highest BCUT2D eigenvalue weighted by atomic mass is 16.5. The topological polar surface area (TPSA) is 9.23 Å². The van der Waals surface area contributed by atoms with E-state index < -0.39 is 0 Å². The first-order valence-corrected chi connectivity index (χ1v) is 4.97. The van der Waals surface area contributed by atoms with Gasteiger partial charge in [-0.05, 0) is 41.0 Å². The number of rotatable bonds is 4. The zero-order chi connectivity index (χ0) is 9.83. The van der Waals surface area contributed by atoms with Gasteiger partial charge in [-0.3, -0.25) is 0 Å². The van der Waals surface area contributed by atoms with Crippen LogP contribution < -0.4 is 0 Å². The van der Waals surface area contributed by atoms with E-state index in [1.54, 1.807) is 0 Å². The van der Waals surface area contributed by atoms with Crippen LogP contribution in [0.3, 0.4) is 0 Å². The maximum absolute atomic E-state index is 5.93. The molecule has 0 spiro atoms. The van der Waals surface area contributed by atoms with Crippen molar-refractivity contribution in [2.45, 2.75) is 72.0 Å². The Hall–Kier alpha value is -0.0400. The van der Waals surface area contributed by atoms with Crippen molar-refractivity contribution in [2.75, 3.05) is 0 Å². The van der Waals surface area contributed by atoms with E-state index in [-0.39, 0.29) is 11.2 Å². The van der Waals surface area contributed by atoms with E-state index in [2.05, 4.69) is 41.5 Å². The van der Waals surface area contributed by atoms with Crippen LogP contribution in [0.5, 0.6) is 0 Å². The minimum absolute atomic E-state index is 0.0166. The molecule has 0 saturated carbocycles. The van der Waals surface area contributed by atoms with Crippen LogP contribution in [0, 0.1) is 0 Å². The van der Waals surface area contributed by atoms with Gasteiger partial charge in [-0.2, -0.15) is 0 Å². The summed E-state index contributed by atoms with van der Waals surface area (Å²) in [5, 5.41) is 0. The van der Waals surface area contributed by atoms with Gasteiger partial charge < -0.3 is 4.74 Å². The SMILES string of the molecule is CCCCC(C)(C)OC(C)(C)C. The maximum Gasteiger partial charge on any atom is 0.0633 e. The fraction of sp³-hybridized carbons (Fsp3) is 1.00. The summed E-state index contributed by atoms with van der Waals surface area (Å²) in [6.07, 6.45) is 3.65. The minimum Gasteiger partial charge on any atom is -0.370 e. The number of hydrogen-bond donors (Lipinski definition) is 0. The lowest BCUT2D eigenvalue weighted by Crippen LogP contribution is -2.34. The molecule has 0 aliphatic rings. The Labute approximate surface area is 77.5 Å². The highest BCUT2D eigenvalue weighted by Crippen LogP contribution is 2.24. The summed E-state index contributed by atoms with van der Waals surface area (Å²) >= 11 is 0. The van der Waals surface area contributed by atoms with Gasteiger partial charge in [-0.15, -0.1) is 0 Å². The van der Waals surface area contributed by atoms with Crippen molar-refractivity contribution >= 4 is 0 Å². The Morgan fingerprint density at radius 1 is 1.00 bits per heavy atom. The summed E-state index contributed by atoms with van der Waals surface area (Å²) in [6.45, 7) is 12.9. The van der Waals surface area contributed by atoms with E-state index in [4.69, 9.17) is 4.74 Å². The molecule has 0 rings (SSSR count). The molecule has 1 nitrogen and oxygen atoms in total. The minimum atomic E-state index is -0.0166. The first kappa shape index (κ1) is 12.0. The molecule has 0 saturated heterocycles. The van der Waals surface area contributed by atoms with Crippen molar-refractivity contribution in [3.05, 3.63) is 0 Å². The Bertz CT molecular complexity index is 119. The first-order chi connectivity index (χ1) is 5.27. The van der Waals surface area contributed by atoms with E-state index in [1.165, 1.54) is 12.8 Å². The average molecular weight is 172 g/mol. The molecular formula is C11H24O. The van der Waals surface area contributed by atoms with Crippen LogP contribution in [-0.4, -0.2) is 11.2 Å². The fourth-order valence-corrected chi connectivity index (χ4v) is 1.48. The molecule has 0 N–H and O–H groups in total. The molecule has 0 aliphatic heterocycles. The van der Waals surface area contributed by atoms with E-state index in [0.717, 1.165) is 6.42 Å². The van der Waals surface area contributed by atoms with Gasteiger partial charge >= 0.3 is 0 Å². The van der Waals surface area contributed by atoms with Crippen LogP contribution >= 0.6 is 0 Å². The Morgan fingerprint density at radius 3 is 1.83 bits per heavy atom. The van der Waals surface area contributed by atoms with Crippen molar-refractivity contribution in [3.8, 4) is 0 Å². The van der Waals surface area contributed by atoms with Crippen molar-refractivity contribution in [3.63, 3.8) is 0 Å². The molecule has 1 heteroatoms. The zero-order valence-corrected chi connectivity index (χ0v) is 9.53. The van der Waals surface area contributed by atoms with Crippen LogP contribution in [0.4, 0.5) is 0 Å². The second-order valence-corrected chi connectivity index (χ2v) is 5.08. The lowest BCUT2D eigenvalue weighted by atomic mass is 10.00. The molecule has 0 aromatic carbocycles. The van der Waals surface area contributed by atoms with Crippen molar-refractivity contribution in [2.24, 2.45) is 0 Å². The highest BCUT2D eigenvalue weighted by Gasteiger charge is 2.24. The van der Waals surface area contributed by atoms with Gasteiger partial charge in [-0.1, -0.05) is 19.8 Å². The molecule has 0 heterocycles. The number of hydrogen-bond acceptors (Lipinski definition) is 1. The molecule has 12 heavy (non-hydrogen) atoms. The molecule has 74 valence electrons. The molecule has 0 aromatic heterocycles. The van der Waals surface area contributed by atoms with E-state index in [1.807, 2.05) is 0 Å². The van der Waals surface area contributed by atoms with Crippen LogP contribution in [0.25, 0.3) is 0 Å². The molecule has 0 unspecified atom stereocenters. The molecular weight excluding hydrogens is 148 g/mol. The van der Waals surface area contributed by atoms with Crippen LogP contribution in [0.2, 0.25) is 0 Å². The summed E-state index contributed by atoms with van der Waals surface area (Å²) in [5.41, 5.74) is 0.0193. The zero-order valence-electron chi connectivity index (χ0n) is 9.53. The van der Waals surface area contributed by atoms with Crippen LogP contribution in [0.1, 0.15) is 60.8 Å². The normalized spacial score (nSPS) is 13.5. The summed E-state index contributed by atoms with van der Waals surface area (Å²) in [6, 6.07) is 0. The molecule has 0 radical (unpaired) electrons. The lowest BCUT2D eigenvalue weighted by Gasteiger charge is -2.33. The molecule has 0 bridgehead atoms. The van der Waals surface area contributed by atoms with Crippen LogP contribution in [0.15, 0.2) is 0 Å². The summed E-state index contributed by atoms with van der Waals surface area (Å²) < 4.78 is 5.93. The second-order valence-electron chi connectivity index (χ2n) is 5.08. The van der Waals surface area contributed by atoms with Crippen LogP contribution in [-0.2, 0) is 4.74 Å². The number of ether oxygens (including phenoxy) is 1. The largest absolute Gasteiger partial charge is 0.370 e. The quantitative estimate of drug-likeness (QED) is 0.627. The predicted octanol–water partition coefficient (Wildman–Crippen LogP) is 3.77. The third-order valence-corrected chi connectivity index (χ3v) is 1.71. The van der Waals surface area contributed by atoms with Gasteiger partial charge in [0.25, 0.3) is 0 Å². The molecule has 0 aliphatic carbocycles. The summed E-state index contributed by atoms with van der Waals surface area (Å²) in [7, 11) is 0. The Morgan fingerprint density at radius 2 is 1.50 bits per heavy atom. The van der Waals surface area contributed by atoms with Gasteiger partial charge in [-0.25, -0.2) is 0 Å². The summed E-state index contributed by atoms with van der Waals surface area (Å²) in [5.74, 6) is 0. The third-order valence-electron chi connectivity index (χ3n) is 1.71. The number of unbranched alkanes of at least 4 members (excludes halogenated alkanes) is 1. The standard InChI is InChI=1S/C11H24O/c1-7-8-9-11(5,6)12-10(2,3)4/h7-9H2,1-6H3. The first-order valence-electron chi connectivity index (χ1n) is 4.97. The Kier molecular flexibility index (Phi) is 4.25. The van der Waals surface area contributed by atoms with Crippen molar-refractivity contribution in [1.82, 2.24) is 0 Å². The lowest BCUT2D eigenvalue weighted by molar-refractivity contribution is -0.116. The average Bonchev–Trinajstić information content (AvgIpc) is 1.78. The fourth-order valence-electron chi connectivity index (χ4n) is 1.48. The molecule has 0 aromatic rings. The maximum atomic E-state index is 5.93. The van der Waals surface area contributed by atoms with E-state index in [0.29, 0.717) is 0 Å². The molecule has 0 atom stereocenters. The monoisotopic (exact) mass is 172 g/mol. The predicted molar refractivity (Wildman–Crippen MR) is 54.4 cm³/mol. The Balaban J connectivity index is 3.86. The highest BCUT2D eigenvalue weighted by molar-refractivity contribution is 4.73. The van der Waals surface area contributed by atoms with Gasteiger partial charge in [0.2, 0.25) is 0 Å². The third kappa shape index (κ3) is 6.66. The molecule has 0 fully saturated rings. The van der Waals surface area contributed by atoms with Gasteiger partial charge in [0, 0.05) is 0 Å². The smallest absolute Gasteiger partial charge is 0.0633 e. The van der Waals surface area contributed by atoms with E-state index in [9.17, 15) is 0 Å². The second kappa shape index (κ2) is 4.27. The van der Waals surface area contributed by atoms with Gasteiger partial charge in [0.15, 0.2) is 0 Å².